The van der Waals surface area contributed by atoms with Crippen LogP contribution in [0, 0.1) is 0 Å². The summed E-state index contributed by atoms with van der Waals surface area (Å²) in [5.74, 6) is 0. The van der Waals surface area contributed by atoms with Crippen molar-refractivity contribution in [2.45, 2.75) is 31.5 Å². The van der Waals surface area contributed by atoms with Gasteiger partial charge >= 0.3 is 7.82 Å². The predicted molar refractivity (Wildman–Crippen MR) is 46.7 cm³/mol. The van der Waals surface area contributed by atoms with Gasteiger partial charge in [-0.05, 0) is 19.3 Å². The van der Waals surface area contributed by atoms with E-state index in [4.69, 9.17) is 16.4 Å². The Morgan fingerprint density at radius 3 is 2.77 bits per heavy atom. The van der Waals surface area contributed by atoms with Gasteiger partial charge < -0.3 is 16.4 Å². The molecule has 1 heterocycles. The molecule has 1 aliphatic rings. The minimum Gasteiger partial charge on any atom is -0.326 e. The second-order valence-corrected chi connectivity index (χ2v) is 4.51. The number of hydrogen-bond donors (Lipinski definition) is 3. The van der Waals surface area contributed by atoms with E-state index in [1.165, 1.54) is 0 Å². The Hall–Kier alpha value is 0.0300. The average molecular weight is 210 g/mol. The lowest BCUT2D eigenvalue weighted by Gasteiger charge is -2.15. The summed E-state index contributed by atoms with van der Waals surface area (Å²) >= 11 is 0. The van der Waals surface area contributed by atoms with Crippen molar-refractivity contribution in [1.82, 2.24) is 0 Å². The van der Waals surface area contributed by atoms with Gasteiger partial charge in [-0.3, -0.25) is 9.05 Å². The smallest absolute Gasteiger partial charge is 0.326 e. The van der Waals surface area contributed by atoms with Gasteiger partial charge in [-0.25, -0.2) is 4.57 Å². The zero-order valence-electron chi connectivity index (χ0n) is 7.26. The molecule has 0 bridgehead atoms. The summed E-state index contributed by atoms with van der Waals surface area (Å²) in [5.41, 5.74) is 11.0. The lowest BCUT2D eigenvalue weighted by Crippen LogP contribution is -2.25. The fourth-order valence-corrected chi connectivity index (χ4v) is 2.00. The highest BCUT2D eigenvalue weighted by atomic mass is 31.2. The highest BCUT2D eigenvalue weighted by Gasteiger charge is 2.27. The quantitative estimate of drug-likeness (QED) is 0.482. The fraction of sp³-hybridized carbons (Fsp3) is 1.00. The Kier molecular flexibility index (Phi) is 3.85. The zero-order valence-corrected chi connectivity index (χ0v) is 8.15. The molecule has 0 aliphatic carbocycles. The third-order valence-corrected chi connectivity index (χ3v) is 2.80. The van der Waals surface area contributed by atoms with Crippen LogP contribution in [0.25, 0.3) is 0 Å². The van der Waals surface area contributed by atoms with Crippen LogP contribution in [0.5, 0.6) is 0 Å². The van der Waals surface area contributed by atoms with Crippen molar-refractivity contribution in [2.75, 3.05) is 6.61 Å². The van der Waals surface area contributed by atoms with Crippen LogP contribution < -0.4 is 11.5 Å². The molecule has 78 valence electrons. The Balaban J connectivity index is 2.56. The summed E-state index contributed by atoms with van der Waals surface area (Å²) in [7, 11) is -3.98. The first-order chi connectivity index (χ1) is 5.99. The fourth-order valence-electron chi connectivity index (χ4n) is 1.11. The van der Waals surface area contributed by atoms with E-state index < -0.39 is 14.1 Å². The van der Waals surface area contributed by atoms with Crippen LogP contribution in [0.15, 0.2) is 0 Å². The van der Waals surface area contributed by atoms with E-state index in [2.05, 4.69) is 9.05 Å². The topological polar surface area (TPSA) is 108 Å². The third kappa shape index (κ3) is 4.17. The minimum atomic E-state index is -3.98. The molecule has 0 aromatic rings. The monoisotopic (exact) mass is 210 g/mol. The molecule has 1 fully saturated rings. The maximum absolute atomic E-state index is 11.1. The van der Waals surface area contributed by atoms with Gasteiger partial charge in [0.15, 0.2) is 0 Å². The van der Waals surface area contributed by atoms with E-state index >= 15 is 0 Å². The molecule has 7 heteroatoms. The van der Waals surface area contributed by atoms with Gasteiger partial charge in [0.25, 0.3) is 0 Å². The number of hydrogen-bond acceptors (Lipinski definition) is 5. The summed E-state index contributed by atoms with van der Waals surface area (Å²) in [4.78, 5) is 9.07. The van der Waals surface area contributed by atoms with Crippen LogP contribution in [0.1, 0.15) is 19.3 Å². The van der Waals surface area contributed by atoms with Crippen molar-refractivity contribution < 1.29 is 18.5 Å². The SMILES string of the molecule is NC1CCC[C@@H](N)COP(=O)(O)O1. The molecule has 1 aliphatic heterocycles. The van der Waals surface area contributed by atoms with Crippen LogP contribution in [-0.2, 0) is 13.6 Å². The van der Waals surface area contributed by atoms with E-state index in [9.17, 15) is 4.57 Å². The van der Waals surface area contributed by atoms with Crippen LogP contribution in [0.2, 0.25) is 0 Å². The normalized spacial score (nSPS) is 43.3. The van der Waals surface area contributed by atoms with Gasteiger partial charge in [0.1, 0.15) is 6.23 Å². The van der Waals surface area contributed by atoms with Crippen molar-refractivity contribution in [3.8, 4) is 0 Å². The van der Waals surface area contributed by atoms with E-state index in [1.54, 1.807) is 0 Å². The van der Waals surface area contributed by atoms with Crippen molar-refractivity contribution in [2.24, 2.45) is 11.5 Å². The van der Waals surface area contributed by atoms with Crippen LogP contribution in [-0.4, -0.2) is 23.8 Å². The van der Waals surface area contributed by atoms with Crippen LogP contribution >= 0.6 is 7.82 Å². The average Bonchev–Trinajstić information content (AvgIpc) is 2.03. The Labute approximate surface area is 76.8 Å². The second-order valence-electron chi connectivity index (χ2n) is 3.10. The van der Waals surface area contributed by atoms with Crippen molar-refractivity contribution >= 4 is 7.82 Å². The third-order valence-electron chi connectivity index (χ3n) is 1.78. The van der Waals surface area contributed by atoms with E-state index in [0.717, 1.165) is 12.8 Å². The summed E-state index contributed by atoms with van der Waals surface area (Å²) < 4.78 is 20.3. The maximum atomic E-state index is 11.1. The summed E-state index contributed by atoms with van der Waals surface area (Å²) in [6.45, 7) is 0.0283. The molecule has 6 nitrogen and oxygen atoms in total. The van der Waals surface area contributed by atoms with Gasteiger partial charge in [0, 0.05) is 6.04 Å². The lowest BCUT2D eigenvalue weighted by molar-refractivity contribution is 0.107. The lowest BCUT2D eigenvalue weighted by atomic mass is 10.1. The molecule has 0 aromatic heterocycles. The molecule has 2 unspecified atom stereocenters. The molecule has 0 radical (unpaired) electrons. The molecule has 3 atom stereocenters. The van der Waals surface area contributed by atoms with Crippen molar-refractivity contribution in [3.63, 3.8) is 0 Å². The van der Waals surface area contributed by atoms with Crippen LogP contribution in [0.3, 0.4) is 0 Å². The Morgan fingerprint density at radius 2 is 2.08 bits per heavy atom. The number of phosphoric ester groups is 1. The molecule has 5 N–H and O–H groups in total. The Morgan fingerprint density at radius 1 is 1.38 bits per heavy atom. The molecular formula is C6H15N2O4P. The molecule has 0 amide bonds. The summed E-state index contributed by atoms with van der Waals surface area (Å²) in [6, 6.07) is -0.227. The van der Waals surface area contributed by atoms with E-state index in [0.29, 0.717) is 6.42 Å². The van der Waals surface area contributed by atoms with Crippen molar-refractivity contribution in [3.05, 3.63) is 0 Å². The first kappa shape index (κ1) is 11.1. The van der Waals surface area contributed by atoms with Gasteiger partial charge in [-0.2, -0.15) is 0 Å². The Bertz CT molecular complexity index is 213. The van der Waals surface area contributed by atoms with Gasteiger partial charge in [0.05, 0.1) is 6.61 Å². The van der Waals surface area contributed by atoms with E-state index in [1.807, 2.05) is 0 Å². The van der Waals surface area contributed by atoms with Gasteiger partial charge in [0.2, 0.25) is 0 Å². The highest BCUT2D eigenvalue weighted by Crippen LogP contribution is 2.45. The standard InChI is InChI=1S/C6H15N2O4P/c7-5-2-1-3-6(8)12-13(9,10)11-4-5/h5-6H,1-4,7-8H2,(H,9,10)/t5-,6?/m1/s1. The molecule has 1 rings (SSSR count). The molecule has 0 saturated carbocycles. The molecular weight excluding hydrogens is 195 g/mol. The molecule has 0 spiro atoms. The summed E-state index contributed by atoms with van der Waals surface area (Å²) in [6.07, 6.45) is 1.26. The molecule has 13 heavy (non-hydrogen) atoms. The number of rotatable bonds is 0. The van der Waals surface area contributed by atoms with Gasteiger partial charge in [-0.1, -0.05) is 0 Å². The minimum absolute atomic E-state index is 0.0283. The maximum Gasteiger partial charge on any atom is 0.473 e. The van der Waals surface area contributed by atoms with Crippen LogP contribution in [0.4, 0.5) is 0 Å². The largest absolute Gasteiger partial charge is 0.473 e. The zero-order chi connectivity index (χ0) is 9.90. The first-order valence-electron chi connectivity index (χ1n) is 4.16. The number of nitrogens with two attached hydrogens (primary N) is 2. The second kappa shape index (κ2) is 4.50. The van der Waals surface area contributed by atoms with Gasteiger partial charge in [-0.15, -0.1) is 0 Å². The molecule has 1 saturated heterocycles. The van der Waals surface area contributed by atoms with Crippen molar-refractivity contribution in [1.29, 1.82) is 0 Å². The molecule has 0 aromatic carbocycles. The first-order valence-corrected chi connectivity index (χ1v) is 5.66. The van der Waals surface area contributed by atoms with E-state index in [-0.39, 0.29) is 12.6 Å². The number of phosphoric acid groups is 1. The predicted octanol–water partition coefficient (Wildman–Crippen LogP) is -0.0840. The highest BCUT2D eigenvalue weighted by molar-refractivity contribution is 7.47. The summed E-state index contributed by atoms with van der Waals surface area (Å²) in [5, 5.41) is 0.